The maximum absolute atomic E-state index is 11.8. The largest absolute Gasteiger partial charge is 0.507 e. The predicted molar refractivity (Wildman–Crippen MR) is 228 cm³/mol. The summed E-state index contributed by atoms with van der Waals surface area (Å²) in [7, 11) is 0. The van der Waals surface area contributed by atoms with Crippen molar-refractivity contribution in [3.63, 3.8) is 0 Å². The molecule has 0 amide bonds. The van der Waals surface area contributed by atoms with Crippen LogP contribution in [0, 0.1) is 11.3 Å². The first-order chi connectivity index (χ1) is 29.0. The van der Waals surface area contributed by atoms with Crippen molar-refractivity contribution < 1.29 is 49.3 Å². The van der Waals surface area contributed by atoms with E-state index in [0.29, 0.717) is 54.6 Å². The highest BCUT2D eigenvalue weighted by Gasteiger charge is 2.33. The van der Waals surface area contributed by atoms with Gasteiger partial charge in [0.1, 0.15) is 60.0 Å². The molecule has 61 heavy (non-hydrogen) atoms. The molecule has 5 rings (SSSR count). The Morgan fingerprint density at radius 2 is 1.18 bits per heavy atom. The quantitative estimate of drug-likeness (QED) is 0.0401. The number of phenolic OH excluding ortho intramolecular Hbond substituents is 1. The summed E-state index contributed by atoms with van der Waals surface area (Å²) in [5.74, 6) is -2.06. The molecule has 320 valence electrons. The third kappa shape index (κ3) is 11.3. The van der Waals surface area contributed by atoms with Gasteiger partial charge in [0.05, 0.1) is 38.9 Å². The Bertz CT molecular complexity index is 2470. The number of nitriles is 1. The summed E-state index contributed by atoms with van der Waals surface area (Å²) < 4.78 is 18.2. The van der Waals surface area contributed by atoms with Gasteiger partial charge in [-0.05, 0) is 32.0 Å². The Hall–Kier alpha value is -5.34. The fraction of sp³-hybridized carbons (Fsp3) is 0.256. The smallest absolute Gasteiger partial charge is 0.326 e. The molecule has 5 aromatic rings. The van der Waals surface area contributed by atoms with E-state index in [4.69, 9.17) is 60.6 Å². The molecule has 0 fully saturated rings. The second-order valence-corrected chi connectivity index (χ2v) is 15.8. The van der Waals surface area contributed by atoms with Gasteiger partial charge < -0.3 is 39.7 Å². The minimum absolute atomic E-state index is 0.00685. The van der Waals surface area contributed by atoms with Crippen LogP contribution in [0.25, 0.3) is 11.1 Å². The van der Waals surface area contributed by atoms with Crippen LogP contribution in [0.1, 0.15) is 47.2 Å². The van der Waals surface area contributed by atoms with Gasteiger partial charge in [-0.1, -0.05) is 82.8 Å². The van der Waals surface area contributed by atoms with Crippen LogP contribution in [0.5, 0.6) is 23.0 Å². The molecule has 0 radical (unpaired) electrons. The number of phenols is 1. The van der Waals surface area contributed by atoms with Gasteiger partial charge >= 0.3 is 11.9 Å². The number of halogens is 4. The Morgan fingerprint density at radius 1 is 0.689 bits per heavy atom. The second-order valence-electron chi connectivity index (χ2n) is 14.2. The van der Waals surface area contributed by atoms with Gasteiger partial charge in [0.2, 0.25) is 0 Å². The molecule has 18 heteroatoms. The lowest BCUT2D eigenvalue weighted by Gasteiger charge is -2.25. The van der Waals surface area contributed by atoms with Crippen LogP contribution in [-0.4, -0.2) is 66.7 Å². The van der Waals surface area contributed by atoms with Crippen molar-refractivity contribution in [3.8, 4) is 40.2 Å². The number of benzene rings is 4. The average molecular weight is 915 g/mol. The number of pyridine rings is 1. The lowest BCUT2D eigenvalue weighted by molar-refractivity contribution is -0.146. The molecule has 7 N–H and O–H groups in total. The molecule has 0 saturated heterocycles. The van der Waals surface area contributed by atoms with E-state index in [9.17, 15) is 40.4 Å². The van der Waals surface area contributed by atoms with Gasteiger partial charge in [-0.2, -0.15) is 5.26 Å². The SMILES string of the molecule is C[C@@](CO)(NCc1cc(Cl)c(OCc2cccc(-c3cccc(COc4cc(OCc5cncc(C#N)c5)c(CN[C@@](C)(CO)C(=O)O)cc4Cl)c3Cl)c2Cl)cc1O)C(=O)O. The van der Waals surface area contributed by atoms with E-state index in [0.717, 1.165) is 0 Å². The molecule has 0 bridgehead atoms. The lowest BCUT2D eigenvalue weighted by Crippen LogP contribution is -2.52. The third-order valence-corrected chi connectivity index (χ3v) is 11.2. The number of ether oxygens (including phenoxy) is 3. The van der Waals surface area contributed by atoms with Crippen LogP contribution in [0.15, 0.2) is 79.1 Å². The zero-order chi connectivity index (χ0) is 44.5. The van der Waals surface area contributed by atoms with Gasteiger partial charge in [-0.15, -0.1) is 0 Å². The first kappa shape index (κ1) is 46.7. The standard InChI is InChI=1S/C43H40Cl4N4O10/c1-42(22-52,40(55)56)50-17-28-10-32(44)36(12-34(28)54)60-20-26-5-3-7-30(38(26)46)31-8-4-6-27(39(31)47)21-61-37-13-35(59-19-25-9-24(14-48)15-49-16-25)29(11-33(37)45)18-51-43(2,23-53)41(57)58/h3-13,15-16,50-54H,17-23H2,1-2H3,(H,55,56)(H,57,58)/t42-,43-/m0/s1. The number of carboxylic acid groups (broad SMARTS) is 2. The van der Waals surface area contributed by atoms with Crippen molar-refractivity contribution in [2.45, 2.75) is 57.8 Å². The predicted octanol–water partition coefficient (Wildman–Crippen LogP) is 7.53. The normalized spacial score (nSPS) is 13.1. The van der Waals surface area contributed by atoms with E-state index in [-0.39, 0.29) is 66.0 Å². The highest BCUT2D eigenvalue weighted by Crippen LogP contribution is 2.40. The molecular weight excluding hydrogens is 874 g/mol. The topological polar surface area (TPSA) is 224 Å². The zero-order valence-electron chi connectivity index (χ0n) is 32.6. The van der Waals surface area contributed by atoms with Gasteiger partial charge in [0, 0.05) is 76.6 Å². The number of carboxylic acids is 2. The molecule has 4 aromatic carbocycles. The summed E-state index contributed by atoms with van der Waals surface area (Å²) in [6, 6.07) is 20.2. The summed E-state index contributed by atoms with van der Waals surface area (Å²) in [5, 5.41) is 64.8. The third-order valence-electron chi connectivity index (χ3n) is 9.69. The van der Waals surface area contributed by atoms with Crippen molar-refractivity contribution in [1.29, 1.82) is 5.26 Å². The van der Waals surface area contributed by atoms with E-state index >= 15 is 0 Å². The lowest BCUT2D eigenvalue weighted by atomic mass is 10.0. The number of aliphatic carboxylic acids is 2. The highest BCUT2D eigenvalue weighted by atomic mass is 35.5. The molecule has 2 atom stereocenters. The number of hydrogen-bond donors (Lipinski definition) is 7. The fourth-order valence-corrected chi connectivity index (χ4v) is 6.72. The van der Waals surface area contributed by atoms with Crippen molar-refractivity contribution in [2.75, 3.05) is 13.2 Å². The van der Waals surface area contributed by atoms with Crippen molar-refractivity contribution in [1.82, 2.24) is 15.6 Å². The van der Waals surface area contributed by atoms with Crippen LogP contribution in [0.4, 0.5) is 0 Å². The van der Waals surface area contributed by atoms with Crippen LogP contribution < -0.4 is 24.8 Å². The summed E-state index contributed by atoms with van der Waals surface area (Å²) in [6.07, 6.45) is 2.97. The number of nitrogens with one attached hydrogen (secondary N) is 2. The van der Waals surface area contributed by atoms with E-state index in [1.165, 1.54) is 32.2 Å². The molecule has 0 unspecified atom stereocenters. The Morgan fingerprint density at radius 3 is 1.69 bits per heavy atom. The average Bonchev–Trinajstić information content (AvgIpc) is 3.25. The van der Waals surface area contributed by atoms with Crippen LogP contribution in [0.2, 0.25) is 20.1 Å². The van der Waals surface area contributed by atoms with E-state index < -0.39 is 36.2 Å². The molecule has 0 spiro atoms. The van der Waals surface area contributed by atoms with Gasteiger partial charge in [0.25, 0.3) is 0 Å². The molecule has 0 aliphatic rings. The monoisotopic (exact) mass is 912 g/mol. The minimum Gasteiger partial charge on any atom is -0.507 e. The number of carbonyl (C=O) groups is 2. The summed E-state index contributed by atoms with van der Waals surface area (Å²) in [4.78, 5) is 27.4. The molecular formula is C43H40Cl4N4O10. The number of aliphatic hydroxyl groups excluding tert-OH is 2. The van der Waals surface area contributed by atoms with E-state index in [1.54, 1.807) is 60.8 Å². The Labute approximate surface area is 370 Å². The fourth-order valence-electron chi connectivity index (χ4n) is 5.67. The first-order valence-corrected chi connectivity index (χ1v) is 19.8. The van der Waals surface area contributed by atoms with E-state index in [2.05, 4.69) is 15.6 Å². The van der Waals surface area contributed by atoms with E-state index in [1.807, 2.05) is 6.07 Å². The molecule has 1 aromatic heterocycles. The molecule has 0 aliphatic heterocycles. The van der Waals surface area contributed by atoms with Crippen LogP contribution in [0.3, 0.4) is 0 Å². The Kier molecular flexibility index (Phi) is 15.7. The second kappa shape index (κ2) is 20.5. The van der Waals surface area contributed by atoms with Crippen LogP contribution in [-0.2, 0) is 42.5 Å². The molecule has 0 aliphatic carbocycles. The molecule has 1 heterocycles. The van der Waals surface area contributed by atoms with Crippen LogP contribution >= 0.6 is 46.4 Å². The highest BCUT2D eigenvalue weighted by molar-refractivity contribution is 6.37. The summed E-state index contributed by atoms with van der Waals surface area (Å²) in [6.45, 7) is 1.08. The number of aliphatic hydroxyl groups is 2. The maximum atomic E-state index is 11.8. The van der Waals surface area contributed by atoms with Crippen molar-refractivity contribution in [2.24, 2.45) is 0 Å². The zero-order valence-corrected chi connectivity index (χ0v) is 35.7. The summed E-state index contributed by atoms with van der Waals surface area (Å²) in [5.41, 5.74) is 0.762. The van der Waals surface area contributed by atoms with Gasteiger partial charge in [-0.25, -0.2) is 0 Å². The number of aromatic hydroxyl groups is 1. The number of aromatic nitrogens is 1. The van der Waals surface area contributed by atoms with Crippen molar-refractivity contribution in [3.05, 3.63) is 133 Å². The molecule has 0 saturated carbocycles. The van der Waals surface area contributed by atoms with Gasteiger partial charge in [-0.3, -0.25) is 25.2 Å². The maximum Gasteiger partial charge on any atom is 0.326 e. The van der Waals surface area contributed by atoms with Crippen molar-refractivity contribution >= 4 is 58.3 Å². The number of rotatable bonds is 20. The number of hydrogen-bond acceptors (Lipinski definition) is 12. The van der Waals surface area contributed by atoms with Gasteiger partial charge in [0.15, 0.2) is 0 Å². The Balaban J connectivity index is 1.33. The molecule has 14 nitrogen and oxygen atoms in total. The number of nitrogens with zero attached hydrogens (tertiary/aromatic N) is 2. The summed E-state index contributed by atoms with van der Waals surface area (Å²) >= 11 is 27.0. The first-order valence-electron chi connectivity index (χ1n) is 18.3. The minimum atomic E-state index is -1.65.